The van der Waals surface area contributed by atoms with Crippen LogP contribution in [0.5, 0.6) is 0 Å². The summed E-state index contributed by atoms with van der Waals surface area (Å²) < 4.78 is 28.1. The van der Waals surface area contributed by atoms with Crippen LogP contribution in [0.15, 0.2) is 60.9 Å². The molecular formula is C19H14ClF2N3O. The SMILES string of the molecule is O=C(/C=C/c1ccc(F)cc1)Nc1cnn(Cc2c(F)cccc2Cl)c1. The Labute approximate surface area is 153 Å². The monoisotopic (exact) mass is 373 g/mol. The van der Waals surface area contributed by atoms with Crippen LogP contribution in [-0.4, -0.2) is 15.7 Å². The predicted molar refractivity (Wildman–Crippen MR) is 96.8 cm³/mol. The zero-order valence-corrected chi connectivity index (χ0v) is 14.3. The van der Waals surface area contributed by atoms with E-state index in [0.29, 0.717) is 21.8 Å². The van der Waals surface area contributed by atoms with E-state index >= 15 is 0 Å². The average molecular weight is 374 g/mol. The Morgan fingerprint density at radius 2 is 1.96 bits per heavy atom. The number of halogens is 3. The quantitative estimate of drug-likeness (QED) is 0.669. The first-order valence-corrected chi connectivity index (χ1v) is 8.09. The van der Waals surface area contributed by atoms with Crippen molar-refractivity contribution in [2.24, 2.45) is 0 Å². The molecule has 1 aromatic heterocycles. The molecule has 0 aliphatic rings. The summed E-state index contributed by atoms with van der Waals surface area (Å²) in [5, 5.41) is 7.05. The van der Waals surface area contributed by atoms with Gasteiger partial charge in [0, 0.05) is 22.9 Å². The molecule has 0 aliphatic heterocycles. The summed E-state index contributed by atoms with van der Waals surface area (Å²) >= 11 is 6.00. The first-order chi connectivity index (χ1) is 12.5. The summed E-state index contributed by atoms with van der Waals surface area (Å²) in [6.45, 7) is 0.146. The van der Waals surface area contributed by atoms with Crippen LogP contribution >= 0.6 is 11.6 Å². The van der Waals surface area contributed by atoms with Crippen molar-refractivity contribution in [1.82, 2.24) is 9.78 Å². The summed E-state index contributed by atoms with van der Waals surface area (Å²) in [5.41, 5.74) is 1.49. The molecule has 3 aromatic rings. The lowest BCUT2D eigenvalue weighted by atomic mass is 10.2. The largest absolute Gasteiger partial charge is 0.320 e. The third kappa shape index (κ3) is 4.55. The molecule has 0 radical (unpaired) electrons. The number of hydrogen-bond donors (Lipinski definition) is 1. The molecule has 0 bridgehead atoms. The third-order valence-electron chi connectivity index (χ3n) is 3.58. The molecule has 4 nitrogen and oxygen atoms in total. The molecular weight excluding hydrogens is 360 g/mol. The Bertz CT molecular complexity index is 931. The number of hydrogen-bond acceptors (Lipinski definition) is 2. The summed E-state index contributed by atoms with van der Waals surface area (Å²) in [4.78, 5) is 11.9. The van der Waals surface area contributed by atoms with Gasteiger partial charge in [0.1, 0.15) is 11.6 Å². The summed E-state index contributed by atoms with van der Waals surface area (Å²) in [6, 6.07) is 10.2. The van der Waals surface area contributed by atoms with Crippen LogP contribution in [0.4, 0.5) is 14.5 Å². The Kier molecular flexibility index (Phi) is 5.43. The topological polar surface area (TPSA) is 46.9 Å². The molecule has 132 valence electrons. The fourth-order valence-electron chi connectivity index (χ4n) is 2.29. The second-order valence-corrected chi connectivity index (χ2v) is 5.91. The third-order valence-corrected chi connectivity index (χ3v) is 3.93. The minimum atomic E-state index is -0.416. The van der Waals surface area contributed by atoms with Gasteiger partial charge in [-0.1, -0.05) is 29.8 Å². The highest BCUT2D eigenvalue weighted by Gasteiger charge is 2.09. The number of amides is 1. The van der Waals surface area contributed by atoms with Crippen molar-refractivity contribution >= 4 is 29.3 Å². The molecule has 1 N–H and O–H groups in total. The number of nitrogens with zero attached hydrogens (tertiary/aromatic N) is 2. The molecule has 7 heteroatoms. The maximum Gasteiger partial charge on any atom is 0.248 e. The van der Waals surface area contributed by atoms with Gasteiger partial charge in [0.05, 0.1) is 18.4 Å². The Morgan fingerprint density at radius 3 is 2.69 bits per heavy atom. The van der Waals surface area contributed by atoms with E-state index < -0.39 is 5.82 Å². The van der Waals surface area contributed by atoms with E-state index in [2.05, 4.69) is 10.4 Å². The molecule has 3 rings (SSSR count). The lowest BCUT2D eigenvalue weighted by molar-refractivity contribution is -0.111. The van der Waals surface area contributed by atoms with E-state index in [1.807, 2.05) is 0 Å². The Balaban J connectivity index is 1.63. The number of carbonyl (C=O) groups is 1. The zero-order chi connectivity index (χ0) is 18.5. The van der Waals surface area contributed by atoms with Crippen LogP contribution in [0.2, 0.25) is 5.02 Å². The number of benzene rings is 2. The second kappa shape index (κ2) is 7.93. The van der Waals surface area contributed by atoms with Crippen molar-refractivity contribution in [1.29, 1.82) is 0 Å². The standard InChI is InChI=1S/C19H14ClF2N3O/c20-17-2-1-3-18(22)16(17)12-25-11-15(10-23-25)24-19(26)9-6-13-4-7-14(21)8-5-13/h1-11H,12H2,(H,24,26)/b9-6+. The lowest BCUT2D eigenvalue weighted by Gasteiger charge is -2.05. The van der Waals surface area contributed by atoms with Crippen LogP contribution < -0.4 is 5.32 Å². The molecule has 2 aromatic carbocycles. The van der Waals surface area contributed by atoms with Gasteiger partial charge in [-0.05, 0) is 35.9 Å². The maximum absolute atomic E-state index is 13.8. The molecule has 0 unspecified atom stereocenters. The molecule has 0 atom stereocenters. The number of carbonyl (C=O) groups excluding carboxylic acids is 1. The maximum atomic E-state index is 13.8. The first-order valence-electron chi connectivity index (χ1n) is 7.71. The van der Waals surface area contributed by atoms with Gasteiger partial charge in [0.25, 0.3) is 0 Å². The van der Waals surface area contributed by atoms with Gasteiger partial charge in [0.2, 0.25) is 5.91 Å². The molecule has 0 fully saturated rings. The number of aromatic nitrogens is 2. The molecule has 0 saturated carbocycles. The van der Waals surface area contributed by atoms with Gasteiger partial charge in [-0.15, -0.1) is 0 Å². The van der Waals surface area contributed by atoms with Crippen molar-refractivity contribution in [3.8, 4) is 0 Å². The molecule has 1 amide bonds. The van der Waals surface area contributed by atoms with Gasteiger partial charge >= 0.3 is 0 Å². The van der Waals surface area contributed by atoms with Crippen molar-refractivity contribution in [3.63, 3.8) is 0 Å². The summed E-state index contributed by atoms with van der Waals surface area (Å²) in [7, 11) is 0. The fraction of sp³-hybridized carbons (Fsp3) is 0.0526. The van der Waals surface area contributed by atoms with E-state index in [4.69, 9.17) is 11.6 Å². The van der Waals surface area contributed by atoms with Crippen LogP contribution in [0.3, 0.4) is 0 Å². The minimum absolute atomic E-state index is 0.146. The second-order valence-electron chi connectivity index (χ2n) is 5.50. The molecule has 1 heterocycles. The van der Waals surface area contributed by atoms with Crippen LogP contribution in [-0.2, 0) is 11.3 Å². The highest BCUT2D eigenvalue weighted by atomic mass is 35.5. The van der Waals surface area contributed by atoms with E-state index in [-0.39, 0.29) is 18.3 Å². The molecule has 0 saturated heterocycles. The molecule has 0 spiro atoms. The zero-order valence-electron chi connectivity index (χ0n) is 13.5. The van der Waals surface area contributed by atoms with Gasteiger partial charge < -0.3 is 5.32 Å². The van der Waals surface area contributed by atoms with E-state index in [9.17, 15) is 13.6 Å². The summed E-state index contributed by atoms with van der Waals surface area (Å²) in [5.74, 6) is -1.12. The van der Waals surface area contributed by atoms with E-state index in [0.717, 1.165) is 0 Å². The highest BCUT2D eigenvalue weighted by molar-refractivity contribution is 6.31. The highest BCUT2D eigenvalue weighted by Crippen LogP contribution is 2.20. The number of rotatable bonds is 5. The van der Waals surface area contributed by atoms with Crippen molar-refractivity contribution in [2.75, 3.05) is 5.32 Å². The number of anilines is 1. The minimum Gasteiger partial charge on any atom is -0.320 e. The Hall–Kier alpha value is -2.99. The predicted octanol–water partition coefficient (Wildman–Crippen LogP) is 4.51. The van der Waals surface area contributed by atoms with Gasteiger partial charge in [-0.3, -0.25) is 9.48 Å². The molecule has 26 heavy (non-hydrogen) atoms. The van der Waals surface area contributed by atoms with E-state index in [1.165, 1.54) is 41.2 Å². The number of nitrogens with one attached hydrogen (secondary N) is 1. The van der Waals surface area contributed by atoms with Gasteiger partial charge in [0.15, 0.2) is 0 Å². The Morgan fingerprint density at radius 1 is 1.19 bits per heavy atom. The fourth-order valence-corrected chi connectivity index (χ4v) is 2.51. The van der Waals surface area contributed by atoms with Crippen LogP contribution in [0, 0.1) is 11.6 Å². The molecule has 0 aliphatic carbocycles. The van der Waals surface area contributed by atoms with E-state index in [1.54, 1.807) is 30.5 Å². The summed E-state index contributed by atoms with van der Waals surface area (Å²) in [6.07, 6.45) is 5.93. The van der Waals surface area contributed by atoms with Crippen LogP contribution in [0.1, 0.15) is 11.1 Å². The normalized spacial score (nSPS) is 11.0. The lowest BCUT2D eigenvalue weighted by Crippen LogP contribution is -2.07. The first kappa shape index (κ1) is 17.8. The van der Waals surface area contributed by atoms with Crippen molar-refractivity contribution in [2.45, 2.75) is 6.54 Å². The van der Waals surface area contributed by atoms with Crippen molar-refractivity contribution < 1.29 is 13.6 Å². The van der Waals surface area contributed by atoms with Gasteiger partial charge in [-0.2, -0.15) is 5.10 Å². The van der Waals surface area contributed by atoms with Gasteiger partial charge in [-0.25, -0.2) is 8.78 Å². The smallest absolute Gasteiger partial charge is 0.248 e. The van der Waals surface area contributed by atoms with Crippen molar-refractivity contribution in [3.05, 3.63) is 88.7 Å². The van der Waals surface area contributed by atoms with Crippen LogP contribution in [0.25, 0.3) is 6.08 Å². The average Bonchev–Trinajstić information content (AvgIpc) is 3.05.